The molecule has 9 rings (SSSR count). The van der Waals surface area contributed by atoms with E-state index >= 15 is 0 Å². The van der Waals surface area contributed by atoms with Gasteiger partial charge in [-0.25, -0.2) is 13.1 Å². The van der Waals surface area contributed by atoms with Gasteiger partial charge in [0.25, 0.3) is 0 Å². The first kappa shape index (κ1) is 52.3. The molecule has 60 heavy (non-hydrogen) atoms. The Kier molecular flexibility index (Phi) is 17.8. The number of hydrogen-bond acceptors (Lipinski definition) is 5. The lowest BCUT2D eigenvalue weighted by Crippen LogP contribution is -2.62. The second-order valence-corrected chi connectivity index (χ2v) is 26.9. The highest BCUT2D eigenvalue weighted by Crippen LogP contribution is 2.68. The molecular formula is C47H87Cl2N7O2S2. The SMILES string of the molecule is C.CC(C)(C)S(=O)N=C1[C@@H]2CC[C@@H](C2)C12CCCCC2.CC(C)(C)S(=O)N[C@@]1(C)[C@@H]2CC[C@@H](C2)C12CCCCC2.C[C@]1(N)[C@@H]2CC[C@@H](C2)C12CCCCC2.Cl.N=NN=NCl. The monoisotopic (exact) mass is 916 g/mol. The van der Waals surface area contributed by atoms with Crippen LogP contribution in [0.5, 0.6) is 0 Å². The standard InChI is InChI=1S/C17H31NOS.C16H27NOS.C13H23N.CH4.ClHN4.ClH/c1-15(2,3)20(19)18-16(4)13-8-9-14(12-13)17(16)10-6-5-7-11-17;1-15(2,3)19(18)17-14-12-7-8-13(11-12)16(14)9-5-4-6-10-16;1-12(14)10-5-6-11(9-10)13(12)7-3-2-4-8-13;;1-3-5-4-2;/h13-14,18H,5-12H2,1-4H3;12-13H,4-11H2,1-3H3;10-11H,2-9,14H2,1H3;1H4;2H;1H/t13-,14+,16+,20?;12-,13+,19?;10-,11+,12+;;;/m111.../s1. The van der Waals surface area contributed by atoms with Crippen LogP contribution in [0, 0.1) is 57.3 Å². The van der Waals surface area contributed by atoms with Crippen LogP contribution in [0.4, 0.5) is 0 Å². The molecular weight excluding hydrogens is 830 g/mol. The number of rotatable bonds is 4. The number of nitrogens with one attached hydrogen (secondary N) is 2. The number of nitrogens with zero attached hydrogens (tertiary/aromatic N) is 4. The third-order valence-corrected chi connectivity index (χ3v) is 21.4. The maximum absolute atomic E-state index is 12.7. The molecule has 0 aliphatic heterocycles. The van der Waals surface area contributed by atoms with Crippen molar-refractivity contribution in [3.63, 3.8) is 0 Å². The van der Waals surface area contributed by atoms with Gasteiger partial charge in [-0.15, -0.1) is 12.4 Å². The van der Waals surface area contributed by atoms with Gasteiger partial charge in [0.2, 0.25) is 0 Å². The summed E-state index contributed by atoms with van der Waals surface area (Å²) in [6, 6.07) is 0. The molecule has 0 amide bonds. The van der Waals surface area contributed by atoms with Crippen molar-refractivity contribution in [3.8, 4) is 0 Å². The van der Waals surface area contributed by atoms with Gasteiger partial charge >= 0.3 is 0 Å². The zero-order valence-electron chi connectivity index (χ0n) is 38.2. The summed E-state index contributed by atoms with van der Waals surface area (Å²) in [6.07, 6.45) is 33.3. The number of halogens is 2. The highest BCUT2D eigenvalue weighted by molar-refractivity contribution is 7.85. The van der Waals surface area contributed by atoms with Crippen molar-refractivity contribution in [1.82, 2.24) is 4.72 Å². The Morgan fingerprint density at radius 1 is 0.667 bits per heavy atom. The predicted molar refractivity (Wildman–Crippen MR) is 256 cm³/mol. The minimum atomic E-state index is -1.07. The van der Waals surface area contributed by atoms with E-state index in [2.05, 4.69) is 66.2 Å². The molecule has 2 unspecified atom stereocenters. The van der Waals surface area contributed by atoms with E-state index in [1.54, 1.807) is 0 Å². The van der Waals surface area contributed by atoms with E-state index in [4.69, 9.17) is 15.7 Å². The lowest BCUT2D eigenvalue weighted by Gasteiger charge is -2.54. The fraction of sp³-hybridized carbons (Fsp3) is 0.979. The summed E-state index contributed by atoms with van der Waals surface area (Å²) in [4.78, 5) is 0. The van der Waals surface area contributed by atoms with E-state index in [1.807, 2.05) is 20.8 Å². The molecule has 0 aromatic carbocycles. The van der Waals surface area contributed by atoms with Crippen LogP contribution in [-0.2, 0) is 22.0 Å². The van der Waals surface area contributed by atoms with Gasteiger partial charge in [-0.2, -0.15) is 9.93 Å². The zero-order valence-corrected chi connectivity index (χ0v) is 41.4. The van der Waals surface area contributed by atoms with E-state index in [1.165, 1.54) is 160 Å². The van der Waals surface area contributed by atoms with Gasteiger partial charge in [-0.3, -0.25) is 0 Å². The topological polar surface area (TPSA) is 145 Å². The highest BCUT2D eigenvalue weighted by atomic mass is 35.5. The lowest BCUT2D eigenvalue weighted by atomic mass is 9.56. The summed E-state index contributed by atoms with van der Waals surface area (Å²) in [7, 11) is -2.01. The fourth-order valence-corrected chi connectivity index (χ4v) is 17.0. The van der Waals surface area contributed by atoms with Crippen molar-refractivity contribution >= 4 is 51.9 Å². The molecule has 0 aromatic heterocycles. The Balaban J connectivity index is 0.000000187. The van der Waals surface area contributed by atoms with Crippen molar-refractivity contribution in [2.45, 2.75) is 237 Å². The van der Waals surface area contributed by atoms with Crippen LogP contribution >= 0.6 is 24.2 Å². The smallest absolute Gasteiger partial charge is 0.144 e. The van der Waals surface area contributed by atoms with Crippen LogP contribution < -0.4 is 10.5 Å². The van der Waals surface area contributed by atoms with E-state index in [0.717, 1.165) is 29.6 Å². The fourth-order valence-electron chi connectivity index (χ4n) is 15.1. The maximum Gasteiger partial charge on any atom is 0.144 e. The average molecular weight is 917 g/mol. The van der Waals surface area contributed by atoms with Crippen molar-refractivity contribution in [2.24, 2.45) is 77.0 Å². The maximum atomic E-state index is 12.7. The molecule has 4 N–H and O–H groups in total. The van der Waals surface area contributed by atoms with Crippen molar-refractivity contribution < 1.29 is 8.42 Å². The molecule has 9 aliphatic rings. The van der Waals surface area contributed by atoms with E-state index < -0.39 is 22.0 Å². The first-order chi connectivity index (χ1) is 27.3. The molecule has 9 nitrogen and oxygen atoms in total. The highest BCUT2D eigenvalue weighted by Gasteiger charge is 2.65. The Labute approximate surface area is 383 Å². The lowest BCUT2D eigenvalue weighted by molar-refractivity contribution is 0.0104. The zero-order chi connectivity index (χ0) is 42.2. The van der Waals surface area contributed by atoms with E-state index in [9.17, 15) is 8.42 Å². The van der Waals surface area contributed by atoms with Crippen molar-refractivity contribution in [1.29, 1.82) is 5.53 Å². The van der Waals surface area contributed by atoms with Crippen LogP contribution in [0.2, 0.25) is 0 Å². The average Bonchev–Trinajstić information content (AvgIpc) is 4.05. The van der Waals surface area contributed by atoms with E-state index in [-0.39, 0.29) is 40.4 Å². The van der Waals surface area contributed by atoms with Crippen LogP contribution in [-0.4, -0.2) is 34.7 Å². The van der Waals surface area contributed by atoms with E-state index in [0.29, 0.717) is 22.2 Å². The van der Waals surface area contributed by atoms with Crippen LogP contribution in [0.3, 0.4) is 0 Å². The van der Waals surface area contributed by atoms with Gasteiger partial charge in [-0.05, 0) is 208 Å². The normalized spacial score (nSPS) is 37.9. The van der Waals surface area contributed by atoms with Gasteiger partial charge in [0.1, 0.15) is 11.0 Å². The quantitative estimate of drug-likeness (QED) is 0.191. The van der Waals surface area contributed by atoms with Gasteiger partial charge < -0.3 is 5.73 Å². The Morgan fingerprint density at radius 3 is 1.60 bits per heavy atom. The second kappa shape index (κ2) is 20.5. The minimum Gasteiger partial charge on any atom is -0.325 e. The molecule has 9 fully saturated rings. The Morgan fingerprint density at radius 2 is 1.13 bits per heavy atom. The first-order valence-electron chi connectivity index (χ1n) is 23.7. The van der Waals surface area contributed by atoms with Crippen LogP contribution in [0.15, 0.2) is 19.5 Å². The largest absolute Gasteiger partial charge is 0.325 e. The summed E-state index contributed by atoms with van der Waals surface area (Å²) in [5.74, 6) is 5.00. The van der Waals surface area contributed by atoms with Crippen LogP contribution in [0.1, 0.15) is 217 Å². The van der Waals surface area contributed by atoms with Gasteiger partial charge in [0, 0.05) is 22.2 Å². The summed E-state index contributed by atoms with van der Waals surface area (Å²) in [5, 5.41) is 5.08. The Bertz CT molecular complexity index is 1540. The first-order valence-corrected chi connectivity index (χ1v) is 26.3. The molecule has 13 heteroatoms. The van der Waals surface area contributed by atoms with Crippen LogP contribution in [0.25, 0.3) is 0 Å². The summed E-state index contributed by atoms with van der Waals surface area (Å²) in [6.45, 7) is 17.1. The number of nitrogens with two attached hydrogens (primary N) is 1. The molecule has 0 aromatic rings. The molecule has 0 radical (unpaired) electrons. The van der Waals surface area contributed by atoms with Crippen molar-refractivity contribution in [2.75, 3.05) is 0 Å². The molecule has 9 saturated carbocycles. The molecule has 10 atom stereocenters. The molecule has 348 valence electrons. The second-order valence-electron chi connectivity index (χ2n) is 22.8. The molecule has 0 heterocycles. The molecule has 0 saturated heterocycles. The summed E-state index contributed by atoms with van der Waals surface area (Å²) < 4.78 is 35.8. The van der Waals surface area contributed by atoms with Gasteiger partial charge in [0.05, 0.1) is 32.3 Å². The number of hydrogen-bond donors (Lipinski definition) is 3. The molecule has 6 bridgehead atoms. The molecule has 9 aliphatic carbocycles. The minimum absolute atomic E-state index is 0. The predicted octanol–water partition coefficient (Wildman–Crippen LogP) is 14.1. The molecule has 3 spiro atoms. The van der Waals surface area contributed by atoms with Gasteiger partial charge in [-0.1, -0.05) is 69.8 Å². The van der Waals surface area contributed by atoms with Crippen molar-refractivity contribution in [3.05, 3.63) is 0 Å². The summed E-state index contributed by atoms with van der Waals surface area (Å²) >= 11 is 4.55. The third-order valence-electron chi connectivity index (χ3n) is 18.2. The Hall–Kier alpha value is -0.330. The number of fused-ring (bicyclic) bond motifs is 9. The van der Waals surface area contributed by atoms with Gasteiger partial charge in [0.15, 0.2) is 0 Å². The third kappa shape index (κ3) is 9.77. The summed E-state index contributed by atoms with van der Waals surface area (Å²) in [5.41, 5.74) is 15.6.